The van der Waals surface area contributed by atoms with E-state index < -0.39 is 10.0 Å². The first kappa shape index (κ1) is 20.5. The molecule has 9 heteroatoms. The summed E-state index contributed by atoms with van der Waals surface area (Å²) in [6, 6.07) is 13.0. The minimum atomic E-state index is -3.93. The zero-order chi connectivity index (χ0) is 20.9. The molecule has 3 aromatic rings. The normalized spacial score (nSPS) is 11.2. The van der Waals surface area contributed by atoms with Gasteiger partial charge in [-0.1, -0.05) is 25.5 Å². The molecule has 0 aliphatic rings. The van der Waals surface area contributed by atoms with Crippen LogP contribution < -0.4 is 14.8 Å². The lowest BCUT2D eigenvalue weighted by Gasteiger charge is -2.13. The van der Waals surface area contributed by atoms with E-state index in [0.29, 0.717) is 23.3 Å². The summed E-state index contributed by atoms with van der Waals surface area (Å²) >= 11 is 0. The van der Waals surface area contributed by atoms with Crippen LogP contribution in [0.15, 0.2) is 53.4 Å². The van der Waals surface area contributed by atoms with Gasteiger partial charge in [0.15, 0.2) is 0 Å². The van der Waals surface area contributed by atoms with E-state index in [1.54, 1.807) is 18.2 Å². The third-order valence-electron chi connectivity index (χ3n) is 3.99. The van der Waals surface area contributed by atoms with Crippen LogP contribution in [-0.4, -0.2) is 30.9 Å². The van der Waals surface area contributed by atoms with Crippen molar-refractivity contribution in [3.63, 3.8) is 0 Å². The van der Waals surface area contributed by atoms with Crippen LogP contribution >= 0.6 is 0 Å². The molecule has 0 saturated carbocycles. The van der Waals surface area contributed by atoms with Gasteiger partial charge in [0.25, 0.3) is 15.9 Å². The maximum Gasteiger partial charge on any atom is 0.263 e. The van der Waals surface area contributed by atoms with Crippen LogP contribution in [0.4, 0.5) is 11.5 Å². The van der Waals surface area contributed by atoms with Gasteiger partial charge in [-0.2, -0.15) is 0 Å². The number of ether oxygens (including phenoxy) is 1. The summed E-state index contributed by atoms with van der Waals surface area (Å²) in [6.07, 6.45) is 1.74. The van der Waals surface area contributed by atoms with Crippen molar-refractivity contribution in [1.82, 2.24) is 9.97 Å². The highest BCUT2D eigenvalue weighted by Gasteiger charge is 2.20. The number of amides is 1. The fourth-order valence-corrected chi connectivity index (χ4v) is 3.57. The molecule has 0 unspecified atom stereocenters. The lowest BCUT2D eigenvalue weighted by Crippen LogP contribution is -2.16. The molecule has 2 N–H and O–H groups in total. The maximum absolute atomic E-state index is 12.8. The molecule has 0 spiro atoms. The van der Waals surface area contributed by atoms with Crippen molar-refractivity contribution in [2.75, 3.05) is 16.6 Å². The topological polar surface area (TPSA) is 110 Å². The smallest absolute Gasteiger partial charge is 0.263 e. The van der Waals surface area contributed by atoms with Gasteiger partial charge >= 0.3 is 0 Å². The van der Waals surface area contributed by atoms with Gasteiger partial charge in [0.2, 0.25) is 11.7 Å². The van der Waals surface area contributed by atoms with Gasteiger partial charge in [0.1, 0.15) is 0 Å². The number of benzene rings is 2. The fraction of sp³-hybridized carbons (Fsp3) is 0.250. The lowest BCUT2D eigenvalue weighted by atomic mass is 10.3. The molecule has 0 atom stereocenters. The highest BCUT2D eigenvalue weighted by atomic mass is 32.2. The van der Waals surface area contributed by atoms with Gasteiger partial charge in [-0.15, -0.1) is 0 Å². The molecule has 3 rings (SSSR count). The van der Waals surface area contributed by atoms with Crippen LogP contribution in [0.25, 0.3) is 11.0 Å². The van der Waals surface area contributed by atoms with Crippen molar-refractivity contribution < 1.29 is 17.9 Å². The second-order valence-corrected chi connectivity index (χ2v) is 8.06. The van der Waals surface area contributed by atoms with Crippen LogP contribution in [0.3, 0.4) is 0 Å². The summed E-state index contributed by atoms with van der Waals surface area (Å²) < 4.78 is 33.8. The predicted octanol–water partition coefficient (Wildman–Crippen LogP) is 3.57. The van der Waals surface area contributed by atoms with E-state index in [1.165, 1.54) is 31.2 Å². The molecule has 1 aromatic heterocycles. The number of hydrogen-bond donors (Lipinski definition) is 2. The van der Waals surface area contributed by atoms with Gasteiger partial charge in [-0.3, -0.25) is 9.52 Å². The first-order valence-electron chi connectivity index (χ1n) is 9.19. The van der Waals surface area contributed by atoms with E-state index in [2.05, 4.69) is 20.0 Å². The van der Waals surface area contributed by atoms with E-state index in [-0.39, 0.29) is 22.5 Å². The Kier molecular flexibility index (Phi) is 6.28. The number of carbonyl (C=O) groups is 1. The van der Waals surface area contributed by atoms with Crippen LogP contribution in [0, 0.1) is 0 Å². The highest BCUT2D eigenvalue weighted by Crippen LogP contribution is 2.26. The number of para-hydroxylation sites is 2. The average molecular weight is 414 g/mol. The minimum Gasteiger partial charge on any atom is -0.475 e. The molecule has 1 amide bonds. The van der Waals surface area contributed by atoms with Gasteiger partial charge in [0.05, 0.1) is 22.5 Å². The van der Waals surface area contributed by atoms with E-state index >= 15 is 0 Å². The van der Waals surface area contributed by atoms with E-state index in [1.807, 2.05) is 13.0 Å². The molecule has 8 nitrogen and oxygen atoms in total. The fourth-order valence-electron chi connectivity index (χ4n) is 2.57. The number of fused-ring (bicyclic) bond motifs is 1. The monoisotopic (exact) mass is 414 g/mol. The van der Waals surface area contributed by atoms with E-state index in [4.69, 9.17) is 4.74 Å². The summed E-state index contributed by atoms with van der Waals surface area (Å²) in [7, 11) is -3.93. The Labute approximate surface area is 169 Å². The molecule has 0 aliphatic carbocycles. The number of unbranched alkanes of at least 4 members (excludes halogenated alkanes) is 1. The Balaban J connectivity index is 1.92. The van der Waals surface area contributed by atoms with Crippen molar-refractivity contribution in [3.05, 3.63) is 48.5 Å². The molecular weight excluding hydrogens is 392 g/mol. The Hall–Kier alpha value is -3.20. The summed E-state index contributed by atoms with van der Waals surface area (Å²) in [6.45, 7) is 3.82. The molecule has 0 saturated heterocycles. The summed E-state index contributed by atoms with van der Waals surface area (Å²) in [5, 5.41) is 2.59. The Morgan fingerprint density at radius 2 is 1.69 bits per heavy atom. The molecule has 0 fully saturated rings. The van der Waals surface area contributed by atoms with Crippen molar-refractivity contribution in [2.24, 2.45) is 0 Å². The van der Waals surface area contributed by atoms with Crippen LogP contribution in [0.1, 0.15) is 26.7 Å². The Morgan fingerprint density at radius 1 is 1.03 bits per heavy atom. The molecule has 2 aromatic carbocycles. The third-order valence-corrected chi connectivity index (χ3v) is 5.35. The molecule has 0 bridgehead atoms. The molecule has 152 valence electrons. The number of rotatable bonds is 8. The first-order chi connectivity index (χ1) is 13.9. The number of aromatic nitrogens is 2. The van der Waals surface area contributed by atoms with Crippen LogP contribution in [0.2, 0.25) is 0 Å². The van der Waals surface area contributed by atoms with Gasteiger partial charge in [0, 0.05) is 12.6 Å². The number of nitrogens with zero attached hydrogens (tertiary/aromatic N) is 2. The van der Waals surface area contributed by atoms with Crippen LogP contribution in [-0.2, 0) is 14.8 Å². The molecule has 1 heterocycles. The molecular formula is C20H22N4O4S. The zero-order valence-electron chi connectivity index (χ0n) is 16.2. The third kappa shape index (κ3) is 5.20. The second-order valence-electron chi connectivity index (χ2n) is 6.38. The highest BCUT2D eigenvalue weighted by molar-refractivity contribution is 7.92. The minimum absolute atomic E-state index is 0.0288. The quantitative estimate of drug-likeness (QED) is 0.545. The van der Waals surface area contributed by atoms with Crippen molar-refractivity contribution in [2.45, 2.75) is 31.6 Å². The standard InChI is InChI=1S/C20H22N4O4S/c1-3-4-13-28-20-19(22-17-7-5-6-8-18(17)23-20)24-29(26,27)16-11-9-15(10-12-16)21-14(2)25/h5-12H,3-4,13H2,1-2H3,(H,21,25)(H,22,24). The Bertz CT molecular complexity index is 1120. The molecule has 0 radical (unpaired) electrons. The van der Waals surface area contributed by atoms with E-state index in [9.17, 15) is 13.2 Å². The van der Waals surface area contributed by atoms with Gasteiger partial charge in [-0.25, -0.2) is 18.4 Å². The number of anilines is 2. The number of hydrogen-bond acceptors (Lipinski definition) is 6. The van der Waals surface area contributed by atoms with Crippen molar-refractivity contribution in [3.8, 4) is 5.88 Å². The summed E-state index contributed by atoms with van der Waals surface area (Å²) in [4.78, 5) is 19.9. The predicted molar refractivity (Wildman–Crippen MR) is 111 cm³/mol. The zero-order valence-corrected chi connectivity index (χ0v) is 17.0. The molecule has 0 aliphatic heterocycles. The van der Waals surface area contributed by atoms with Gasteiger partial charge in [-0.05, 0) is 42.8 Å². The lowest BCUT2D eigenvalue weighted by molar-refractivity contribution is -0.114. The van der Waals surface area contributed by atoms with E-state index in [0.717, 1.165) is 12.8 Å². The van der Waals surface area contributed by atoms with Gasteiger partial charge < -0.3 is 10.1 Å². The summed E-state index contributed by atoms with van der Waals surface area (Å²) in [5.74, 6) is -0.0691. The Morgan fingerprint density at radius 3 is 2.31 bits per heavy atom. The molecule has 29 heavy (non-hydrogen) atoms. The second kappa shape index (κ2) is 8.87. The average Bonchev–Trinajstić information content (AvgIpc) is 2.68. The summed E-state index contributed by atoms with van der Waals surface area (Å²) in [5.41, 5.74) is 1.67. The van der Waals surface area contributed by atoms with Crippen molar-refractivity contribution in [1.29, 1.82) is 0 Å². The number of carbonyl (C=O) groups excluding carboxylic acids is 1. The number of nitrogens with one attached hydrogen (secondary N) is 2. The first-order valence-corrected chi connectivity index (χ1v) is 10.7. The van der Waals surface area contributed by atoms with Crippen LogP contribution in [0.5, 0.6) is 5.88 Å². The largest absolute Gasteiger partial charge is 0.475 e. The SMILES string of the molecule is CCCCOc1nc2ccccc2nc1NS(=O)(=O)c1ccc(NC(C)=O)cc1. The maximum atomic E-state index is 12.8. The van der Waals surface area contributed by atoms with Crippen molar-refractivity contribution >= 4 is 38.5 Å². The number of sulfonamides is 1.